The van der Waals surface area contributed by atoms with Crippen molar-refractivity contribution >= 4 is 27.7 Å². The normalized spacial score (nSPS) is 12.9. The first-order valence-electron chi connectivity index (χ1n) is 6.13. The van der Waals surface area contributed by atoms with Gasteiger partial charge in [0.1, 0.15) is 6.04 Å². The van der Waals surface area contributed by atoms with E-state index in [2.05, 4.69) is 26.6 Å². The van der Waals surface area contributed by atoms with Crippen molar-refractivity contribution in [2.45, 2.75) is 45.7 Å². The highest BCUT2D eigenvalue weighted by Crippen LogP contribution is 2.14. The first-order valence-corrected chi connectivity index (χ1v) is 6.92. The zero-order valence-electron chi connectivity index (χ0n) is 11.5. The summed E-state index contributed by atoms with van der Waals surface area (Å²) in [5, 5.41) is 5.46. The van der Waals surface area contributed by atoms with Gasteiger partial charge in [-0.25, -0.2) is 0 Å². The molecule has 1 aromatic heterocycles. The molecule has 19 heavy (non-hydrogen) atoms. The summed E-state index contributed by atoms with van der Waals surface area (Å²) in [4.78, 5) is 23.7. The van der Waals surface area contributed by atoms with E-state index in [1.54, 1.807) is 19.1 Å². The molecule has 0 saturated carbocycles. The van der Waals surface area contributed by atoms with E-state index in [9.17, 15) is 9.59 Å². The topological polar surface area (TPSA) is 71.3 Å². The quantitative estimate of drug-likeness (QED) is 0.871. The maximum absolute atomic E-state index is 11.9. The van der Waals surface area contributed by atoms with Gasteiger partial charge in [0.25, 0.3) is 5.91 Å². The molecule has 1 aromatic rings. The van der Waals surface area contributed by atoms with Gasteiger partial charge in [-0.3, -0.25) is 9.59 Å². The Kier molecular flexibility index (Phi) is 5.17. The third-order valence-electron chi connectivity index (χ3n) is 2.88. The summed E-state index contributed by atoms with van der Waals surface area (Å²) in [5.74, 6) is -0.463. The summed E-state index contributed by atoms with van der Waals surface area (Å²) < 4.78 is 5.59. The number of halogens is 1. The standard InChI is InChI=1S/C13H19BrN2O3/c1-5-13(3,4)16-11(17)8(2)15-12(18)9-6-7-10(14)19-9/h6-8H,5H2,1-4H3,(H,15,18)(H,16,17)/t8-/m1/s1. The average Bonchev–Trinajstić information content (AvgIpc) is 2.75. The summed E-state index contributed by atoms with van der Waals surface area (Å²) in [6.45, 7) is 7.49. The fourth-order valence-corrected chi connectivity index (χ4v) is 1.61. The molecule has 0 radical (unpaired) electrons. The van der Waals surface area contributed by atoms with Crippen molar-refractivity contribution in [3.05, 3.63) is 22.6 Å². The lowest BCUT2D eigenvalue weighted by Crippen LogP contribution is -2.51. The second kappa shape index (κ2) is 6.23. The average molecular weight is 331 g/mol. The Hall–Kier alpha value is -1.30. The maximum atomic E-state index is 11.9. The highest BCUT2D eigenvalue weighted by Gasteiger charge is 2.23. The molecule has 1 heterocycles. The highest BCUT2D eigenvalue weighted by atomic mass is 79.9. The van der Waals surface area contributed by atoms with Gasteiger partial charge >= 0.3 is 0 Å². The van der Waals surface area contributed by atoms with Gasteiger partial charge in [0, 0.05) is 5.54 Å². The first kappa shape index (κ1) is 15.8. The number of hydrogen-bond acceptors (Lipinski definition) is 3. The van der Waals surface area contributed by atoms with Gasteiger partial charge in [0.2, 0.25) is 5.91 Å². The molecule has 0 aliphatic carbocycles. The van der Waals surface area contributed by atoms with E-state index in [1.165, 1.54) is 0 Å². The van der Waals surface area contributed by atoms with Gasteiger partial charge in [-0.2, -0.15) is 0 Å². The van der Waals surface area contributed by atoms with Crippen molar-refractivity contribution in [2.75, 3.05) is 0 Å². The van der Waals surface area contributed by atoms with Crippen LogP contribution in [0.15, 0.2) is 21.2 Å². The smallest absolute Gasteiger partial charge is 0.287 e. The molecule has 0 unspecified atom stereocenters. The van der Waals surface area contributed by atoms with Crippen molar-refractivity contribution in [1.29, 1.82) is 0 Å². The third-order valence-corrected chi connectivity index (χ3v) is 3.31. The molecule has 1 rings (SSSR count). The number of hydrogen-bond donors (Lipinski definition) is 2. The number of carbonyl (C=O) groups is 2. The Morgan fingerprint density at radius 2 is 2.05 bits per heavy atom. The van der Waals surface area contributed by atoms with Crippen LogP contribution in [0.1, 0.15) is 44.7 Å². The van der Waals surface area contributed by atoms with Crippen molar-refractivity contribution in [3.63, 3.8) is 0 Å². The molecule has 2 N–H and O–H groups in total. The number of amides is 2. The molecule has 0 saturated heterocycles. The Balaban J connectivity index is 2.57. The van der Waals surface area contributed by atoms with Crippen LogP contribution in [0, 0.1) is 0 Å². The summed E-state index contributed by atoms with van der Waals surface area (Å²) >= 11 is 3.12. The van der Waals surface area contributed by atoms with Crippen molar-refractivity contribution in [3.8, 4) is 0 Å². The number of carbonyl (C=O) groups excluding carboxylic acids is 2. The maximum Gasteiger partial charge on any atom is 0.287 e. The number of furan rings is 1. The van der Waals surface area contributed by atoms with Crippen LogP contribution in [-0.4, -0.2) is 23.4 Å². The van der Waals surface area contributed by atoms with Crippen LogP contribution in [0.2, 0.25) is 0 Å². The van der Waals surface area contributed by atoms with E-state index in [0.717, 1.165) is 6.42 Å². The Labute approximate surface area is 121 Å². The summed E-state index contributed by atoms with van der Waals surface area (Å²) in [6, 6.07) is 2.54. The monoisotopic (exact) mass is 330 g/mol. The van der Waals surface area contributed by atoms with Crippen molar-refractivity contribution in [1.82, 2.24) is 10.6 Å². The second-order valence-electron chi connectivity index (χ2n) is 5.03. The minimum Gasteiger partial charge on any atom is -0.444 e. The fraction of sp³-hybridized carbons (Fsp3) is 0.538. The molecule has 0 aliphatic rings. The fourth-order valence-electron chi connectivity index (χ4n) is 1.30. The number of rotatable bonds is 5. The van der Waals surface area contributed by atoms with Gasteiger partial charge in [-0.1, -0.05) is 6.92 Å². The molecule has 0 aromatic carbocycles. The van der Waals surface area contributed by atoms with Gasteiger partial charge in [-0.05, 0) is 55.3 Å². The lowest BCUT2D eigenvalue weighted by molar-refractivity contribution is -0.124. The number of nitrogens with one attached hydrogen (secondary N) is 2. The molecule has 0 bridgehead atoms. The van der Waals surface area contributed by atoms with Gasteiger partial charge in [0.05, 0.1) is 0 Å². The predicted octanol–water partition coefficient (Wildman–Crippen LogP) is 2.47. The predicted molar refractivity (Wildman–Crippen MR) is 75.8 cm³/mol. The zero-order valence-corrected chi connectivity index (χ0v) is 13.1. The van der Waals surface area contributed by atoms with E-state index >= 15 is 0 Å². The molecule has 0 spiro atoms. The van der Waals surface area contributed by atoms with Gasteiger partial charge in [0.15, 0.2) is 10.4 Å². The van der Waals surface area contributed by atoms with Crippen LogP contribution in [0.5, 0.6) is 0 Å². The Bertz CT molecular complexity index is 468. The molecular weight excluding hydrogens is 312 g/mol. The van der Waals surface area contributed by atoms with Crippen LogP contribution >= 0.6 is 15.9 Å². The molecular formula is C13H19BrN2O3. The van der Waals surface area contributed by atoms with E-state index in [0.29, 0.717) is 4.67 Å². The summed E-state index contributed by atoms with van der Waals surface area (Å²) in [7, 11) is 0. The van der Waals surface area contributed by atoms with Crippen LogP contribution in [0.25, 0.3) is 0 Å². The van der Waals surface area contributed by atoms with Gasteiger partial charge < -0.3 is 15.1 Å². The van der Waals surface area contributed by atoms with Crippen LogP contribution in [-0.2, 0) is 4.79 Å². The van der Waals surface area contributed by atoms with E-state index in [-0.39, 0.29) is 17.2 Å². The Morgan fingerprint density at radius 1 is 1.42 bits per heavy atom. The lowest BCUT2D eigenvalue weighted by atomic mass is 10.0. The SMILES string of the molecule is CCC(C)(C)NC(=O)[C@@H](C)NC(=O)c1ccc(Br)o1. The third kappa shape index (κ3) is 4.70. The zero-order chi connectivity index (χ0) is 14.6. The first-order chi connectivity index (χ1) is 8.75. The van der Waals surface area contributed by atoms with E-state index < -0.39 is 11.9 Å². The molecule has 0 fully saturated rings. The highest BCUT2D eigenvalue weighted by molar-refractivity contribution is 9.10. The lowest BCUT2D eigenvalue weighted by Gasteiger charge is -2.26. The van der Waals surface area contributed by atoms with Crippen LogP contribution in [0.4, 0.5) is 0 Å². The molecule has 2 amide bonds. The molecule has 106 valence electrons. The second-order valence-corrected chi connectivity index (χ2v) is 5.81. The van der Waals surface area contributed by atoms with Crippen molar-refractivity contribution in [2.24, 2.45) is 0 Å². The largest absolute Gasteiger partial charge is 0.444 e. The molecule has 0 aliphatic heterocycles. The minimum absolute atomic E-state index is 0.168. The Morgan fingerprint density at radius 3 is 2.53 bits per heavy atom. The van der Waals surface area contributed by atoms with Crippen LogP contribution in [0.3, 0.4) is 0 Å². The molecule has 6 heteroatoms. The summed E-state index contributed by atoms with van der Waals surface area (Å²) in [6.07, 6.45) is 0.810. The van der Waals surface area contributed by atoms with E-state index in [4.69, 9.17) is 4.42 Å². The molecule has 5 nitrogen and oxygen atoms in total. The van der Waals surface area contributed by atoms with Crippen molar-refractivity contribution < 1.29 is 14.0 Å². The van der Waals surface area contributed by atoms with Gasteiger partial charge in [-0.15, -0.1) is 0 Å². The minimum atomic E-state index is -0.623. The van der Waals surface area contributed by atoms with E-state index in [1.807, 2.05) is 20.8 Å². The summed E-state index contributed by atoms with van der Waals surface area (Å²) in [5.41, 5.74) is -0.288. The molecule has 1 atom stereocenters. The van der Waals surface area contributed by atoms with Crippen LogP contribution < -0.4 is 10.6 Å².